The molecular weight excluding hydrogens is 194 g/mol. The van der Waals surface area contributed by atoms with Crippen LogP contribution in [0.4, 0.5) is 14.5 Å². The van der Waals surface area contributed by atoms with E-state index in [9.17, 15) is 13.6 Å². The predicted octanol–water partition coefficient (Wildman–Crippen LogP) is -0.00280. The highest BCUT2D eigenvalue weighted by molar-refractivity contribution is 5.97. The number of aryl methyl sites for hydroxylation is 1. The van der Waals surface area contributed by atoms with Crippen molar-refractivity contribution < 1.29 is 13.6 Å². The zero-order chi connectivity index (χ0) is 10.7. The van der Waals surface area contributed by atoms with Crippen molar-refractivity contribution in [3.05, 3.63) is 11.9 Å². The Morgan fingerprint density at radius 2 is 2.43 bits per heavy atom. The summed E-state index contributed by atoms with van der Waals surface area (Å²) in [7, 11) is 1.51. The molecule has 0 saturated heterocycles. The van der Waals surface area contributed by atoms with E-state index in [2.05, 4.69) is 5.10 Å². The SMILES string of the molecule is Cn1ncc(N)c1C(=O)NCC(F)F. The highest BCUT2D eigenvalue weighted by atomic mass is 19.3. The maximum absolute atomic E-state index is 11.8. The van der Waals surface area contributed by atoms with Crippen LogP contribution in [0.25, 0.3) is 0 Å². The highest BCUT2D eigenvalue weighted by Gasteiger charge is 2.15. The second-order valence-corrected chi connectivity index (χ2v) is 2.67. The van der Waals surface area contributed by atoms with E-state index >= 15 is 0 Å². The fraction of sp³-hybridized carbons (Fsp3) is 0.429. The Morgan fingerprint density at radius 3 is 2.86 bits per heavy atom. The lowest BCUT2D eigenvalue weighted by Gasteiger charge is -2.04. The van der Waals surface area contributed by atoms with Crippen LogP contribution in [0.2, 0.25) is 0 Å². The number of amides is 1. The van der Waals surface area contributed by atoms with Gasteiger partial charge >= 0.3 is 0 Å². The number of carbonyl (C=O) groups is 1. The van der Waals surface area contributed by atoms with Crippen molar-refractivity contribution in [2.45, 2.75) is 6.43 Å². The van der Waals surface area contributed by atoms with Gasteiger partial charge in [-0.2, -0.15) is 5.10 Å². The number of nitrogens with two attached hydrogens (primary N) is 1. The Hall–Kier alpha value is -1.66. The second kappa shape index (κ2) is 4.03. The number of nitrogen functional groups attached to an aromatic ring is 1. The Balaban J connectivity index is 2.70. The molecule has 0 aliphatic rings. The van der Waals surface area contributed by atoms with Gasteiger partial charge in [0, 0.05) is 7.05 Å². The van der Waals surface area contributed by atoms with E-state index in [4.69, 9.17) is 5.73 Å². The van der Waals surface area contributed by atoms with E-state index < -0.39 is 18.9 Å². The molecule has 0 fully saturated rings. The lowest BCUT2D eigenvalue weighted by molar-refractivity contribution is 0.0883. The van der Waals surface area contributed by atoms with Crippen LogP contribution in [0, 0.1) is 0 Å². The van der Waals surface area contributed by atoms with Crippen LogP contribution in [-0.2, 0) is 7.05 Å². The first kappa shape index (κ1) is 10.4. The Kier molecular flexibility index (Phi) is 3.00. The molecule has 78 valence electrons. The molecule has 0 radical (unpaired) electrons. The van der Waals surface area contributed by atoms with Crippen LogP contribution in [-0.4, -0.2) is 28.7 Å². The van der Waals surface area contributed by atoms with E-state index in [0.717, 1.165) is 0 Å². The van der Waals surface area contributed by atoms with E-state index in [1.54, 1.807) is 0 Å². The van der Waals surface area contributed by atoms with Gasteiger partial charge in [-0.1, -0.05) is 0 Å². The summed E-state index contributed by atoms with van der Waals surface area (Å²) in [6.45, 7) is -0.691. The van der Waals surface area contributed by atoms with E-state index in [1.807, 2.05) is 5.32 Å². The summed E-state index contributed by atoms with van der Waals surface area (Å²) in [4.78, 5) is 11.3. The third kappa shape index (κ3) is 2.18. The van der Waals surface area contributed by atoms with Gasteiger partial charge in [0.15, 0.2) is 0 Å². The van der Waals surface area contributed by atoms with Gasteiger partial charge in [-0.3, -0.25) is 9.48 Å². The van der Waals surface area contributed by atoms with Gasteiger partial charge in [0.25, 0.3) is 12.3 Å². The Labute approximate surface area is 78.9 Å². The van der Waals surface area contributed by atoms with Crippen molar-refractivity contribution in [3.8, 4) is 0 Å². The molecule has 1 aromatic heterocycles. The average molecular weight is 204 g/mol. The molecule has 0 atom stereocenters. The molecule has 0 aliphatic heterocycles. The third-order valence-corrected chi connectivity index (χ3v) is 1.60. The number of rotatable bonds is 3. The number of hydrogen-bond acceptors (Lipinski definition) is 3. The van der Waals surface area contributed by atoms with Crippen LogP contribution in [0.3, 0.4) is 0 Å². The summed E-state index contributed by atoms with van der Waals surface area (Å²) in [5.41, 5.74) is 5.67. The molecular formula is C7H10F2N4O. The maximum atomic E-state index is 11.8. The first-order valence-electron chi connectivity index (χ1n) is 3.86. The van der Waals surface area contributed by atoms with Crippen molar-refractivity contribution >= 4 is 11.6 Å². The number of carbonyl (C=O) groups excluding carboxylic acids is 1. The number of aromatic nitrogens is 2. The van der Waals surface area contributed by atoms with Crippen LogP contribution < -0.4 is 11.1 Å². The minimum atomic E-state index is -2.58. The highest BCUT2D eigenvalue weighted by Crippen LogP contribution is 2.08. The predicted molar refractivity (Wildman–Crippen MR) is 46.0 cm³/mol. The summed E-state index contributed by atoms with van der Waals surface area (Å²) in [6, 6.07) is 0. The lowest BCUT2D eigenvalue weighted by Crippen LogP contribution is -2.30. The van der Waals surface area contributed by atoms with E-state index in [-0.39, 0.29) is 11.4 Å². The molecule has 0 spiro atoms. The van der Waals surface area contributed by atoms with Crippen LogP contribution in [0.15, 0.2) is 6.20 Å². The number of hydrogen-bond donors (Lipinski definition) is 2. The monoisotopic (exact) mass is 204 g/mol. The molecule has 3 N–H and O–H groups in total. The molecule has 1 aromatic rings. The van der Waals surface area contributed by atoms with Crippen molar-refractivity contribution in [3.63, 3.8) is 0 Å². The van der Waals surface area contributed by atoms with Gasteiger partial charge in [-0.15, -0.1) is 0 Å². The largest absolute Gasteiger partial charge is 0.396 e. The van der Waals surface area contributed by atoms with E-state index in [1.165, 1.54) is 17.9 Å². The molecule has 1 rings (SSSR count). The molecule has 0 aliphatic carbocycles. The van der Waals surface area contributed by atoms with E-state index in [0.29, 0.717) is 0 Å². The molecule has 0 bridgehead atoms. The smallest absolute Gasteiger partial charge is 0.271 e. The summed E-state index contributed by atoms with van der Waals surface area (Å²) in [5, 5.41) is 5.74. The first-order chi connectivity index (χ1) is 6.52. The van der Waals surface area contributed by atoms with Crippen molar-refractivity contribution in [1.29, 1.82) is 0 Å². The molecule has 0 unspecified atom stereocenters. The number of alkyl halides is 2. The summed E-state index contributed by atoms with van der Waals surface area (Å²) in [6.07, 6.45) is -1.29. The Morgan fingerprint density at radius 1 is 1.79 bits per heavy atom. The molecule has 5 nitrogen and oxygen atoms in total. The van der Waals surface area contributed by atoms with Gasteiger partial charge in [0.1, 0.15) is 5.69 Å². The summed E-state index contributed by atoms with van der Waals surface area (Å²) in [5.74, 6) is -0.650. The summed E-state index contributed by atoms with van der Waals surface area (Å²) < 4.78 is 24.8. The van der Waals surface area contributed by atoms with Gasteiger partial charge in [0.05, 0.1) is 18.4 Å². The first-order valence-corrected chi connectivity index (χ1v) is 3.86. The van der Waals surface area contributed by atoms with Crippen molar-refractivity contribution in [2.24, 2.45) is 7.05 Å². The zero-order valence-corrected chi connectivity index (χ0v) is 7.50. The molecule has 7 heteroatoms. The third-order valence-electron chi connectivity index (χ3n) is 1.60. The molecule has 1 heterocycles. The van der Waals surface area contributed by atoms with Gasteiger partial charge in [0.2, 0.25) is 0 Å². The normalized spacial score (nSPS) is 10.6. The minimum Gasteiger partial charge on any atom is -0.396 e. The van der Waals surface area contributed by atoms with Gasteiger partial charge in [-0.05, 0) is 0 Å². The number of anilines is 1. The molecule has 0 aromatic carbocycles. The average Bonchev–Trinajstić information content (AvgIpc) is 2.42. The molecule has 14 heavy (non-hydrogen) atoms. The van der Waals surface area contributed by atoms with Gasteiger partial charge in [-0.25, -0.2) is 8.78 Å². The number of nitrogens with one attached hydrogen (secondary N) is 1. The van der Waals surface area contributed by atoms with Crippen LogP contribution in [0.1, 0.15) is 10.5 Å². The van der Waals surface area contributed by atoms with Crippen LogP contribution >= 0.6 is 0 Å². The fourth-order valence-corrected chi connectivity index (χ4v) is 0.986. The Bertz CT molecular complexity index is 317. The second-order valence-electron chi connectivity index (χ2n) is 2.67. The zero-order valence-electron chi connectivity index (χ0n) is 7.50. The minimum absolute atomic E-state index is 0.0886. The number of halogens is 2. The molecule has 1 amide bonds. The fourth-order valence-electron chi connectivity index (χ4n) is 0.986. The number of nitrogens with zero attached hydrogens (tertiary/aromatic N) is 2. The van der Waals surface area contributed by atoms with Crippen molar-refractivity contribution in [1.82, 2.24) is 15.1 Å². The molecule has 0 saturated carbocycles. The van der Waals surface area contributed by atoms with Crippen molar-refractivity contribution in [2.75, 3.05) is 12.3 Å². The standard InChI is InChI=1S/C7H10F2N4O/c1-13-6(4(10)2-12-13)7(14)11-3-5(8)9/h2,5H,3,10H2,1H3,(H,11,14). The summed E-state index contributed by atoms with van der Waals surface area (Å²) >= 11 is 0. The topological polar surface area (TPSA) is 72.9 Å². The van der Waals surface area contributed by atoms with Crippen LogP contribution in [0.5, 0.6) is 0 Å². The lowest BCUT2D eigenvalue weighted by atomic mass is 10.3. The van der Waals surface area contributed by atoms with Gasteiger partial charge < -0.3 is 11.1 Å². The quantitative estimate of drug-likeness (QED) is 0.727. The maximum Gasteiger partial charge on any atom is 0.271 e.